The van der Waals surface area contributed by atoms with Crippen molar-refractivity contribution in [3.63, 3.8) is 0 Å². The van der Waals surface area contributed by atoms with E-state index in [1.165, 1.54) is 6.07 Å². The van der Waals surface area contributed by atoms with Gasteiger partial charge in [-0.1, -0.05) is 6.07 Å². The highest BCUT2D eigenvalue weighted by atomic mass is 19.4. The Balaban J connectivity index is 1.36. The number of amides is 1. The summed E-state index contributed by atoms with van der Waals surface area (Å²) in [6, 6.07) is 4.71. The summed E-state index contributed by atoms with van der Waals surface area (Å²) >= 11 is 0. The monoisotopic (exact) mass is 591 g/mol. The lowest BCUT2D eigenvalue weighted by molar-refractivity contribution is -0.196. The first-order chi connectivity index (χ1) is 19.6. The number of piperidine rings is 1. The van der Waals surface area contributed by atoms with Gasteiger partial charge in [-0.3, -0.25) is 0 Å². The lowest BCUT2D eigenvalue weighted by Crippen LogP contribution is -2.56. The Morgan fingerprint density at radius 2 is 1.83 bits per heavy atom. The fourth-order valence-electron chi connectivity index (χ4n) is 6.34. The average molecular weight is 592 g/mol. The molecule has 3 fully saturated rings. The lowest BCUT2D eigenvalue weighted by Gasteiger charge is -2.43. The number of alkyl halides is 3. The van der Waals surface area contributed by atoms with Gasteiger partial charge in [0.15, 0.2) is 5.79 Å². The Morgan fingerprint density at radius 3 is 2.48 bits per heavy atom. The van der Waals surface area contributed by atoms with Crippen LogP contribution < -0.4 is 4.74 Å². The molecule has 0 bridgehead atoms. The van der Waals surface area contributed by atoms with Crippen molar-refractivity contribution in [2.45, 2.75) is 88.6 Å². The van der Waals surface area contributed by atoms with Crippen LogP contribution in [0.1, 0.15) is 65.0 Å². The molecule has 1 atom stereocenters. The van der Waals surface area contributed by atoms with Crippen molar-refractivity contribution in [1.29, 1.82) is 0 Å². The second kappa shape index (κ2) is 9.99. The summed E-state index contributed by atoms with van der Waals surface area (Å²) in [6.07, 6.45) is -1.55. The van der Waals surface area contributed by atoms with E-state index in [9.17, 15) is 23.1 Å². The first-order valence-electron chi connectivity index (χ1n) is 14.3. The molecule has 3 heterocycles. The van der Waals surface area contributed by atoms with E-state index < -0.39 is 40.9 Å². The molecule has 9 nitrogen and oxygen atoms in total. The minimum Gasteiger partial charge on any atom is -0.491 e. The maximum Gasteiger partial charge on any atom is 0.416 e. The van der Waals surface area contributed by atoms with Crippen LogP contribution in [0, 0.1) is 0 Å². The largest absolute Gasteiger partial charge is 0.491 e. The summed E-state index contributed by atoms with van der Waals surface area (Å²) in [4.78, 5) is 19.3. The third kappa shape index (κ3) is 5.51. The number of aliphatic hydroxyl groups is 1. The molecule has 0 unspecified atom stereocenters. The van der Waals surface area contributed by atoms with Crippen molar-refractivity contribution in [2.75, 3.05) is 26.4 Å². The SMILES string of the molecule is CC1(O)CC(n2cnc3cc(OC[C@@H]4CC5(CCN4C(=O)OC(C)(C)C)OCCO5)c4cc(C(F)(F)F)ccc4c32)C1. The van der Waals surface area contributed by atoms with Crippen LogP contribution >= 0.6 is 0 Å². The Hall–Kier alpha value is -3.09. The van der Waals surface area contributed by atoms with Gasteiger partial charge in [0.05, 0.1) is 47.8 Å². The molecule has 1 aromatic heterocycles. The van der Waals surface area contributed by atoms with Crippen molar-refractivity contribution in [3.05, 3.63) is 36.2 Å². The van der Waals surface area contributed by atoms with E-state index in [0.29, 0.717) is 61.9 Å². The van der Waals surface area contributed by atoms with E-state index in [4.69, 9.17) is 18.9 Å². The van der Waals surface area contributed by atoms with Gasteiger partial charge in [-0.15, -0.1) is 0 Å². The highest BCUT2D eigenvalue weighted by Gasteiger charge is 2.47. The van der Waals surface area contributed by atoms with E-state index >= 15 is 0 Å². The number of fused-ring (bicyclic) bond motifs is 3. The number of aromatic nitrogens is 2. The number of imidazole rings is 1. The van der Waals surface area contributed by atoms with Gasteiger partial charge in [0.25, 0.3) is 0 Å². The van der Waals surface area contributed by atoms with Gasteiger partial charge in [-0.25, -0.2) is 9.78 Å². The molecule has 228 valence electrons. The van der Waals surface area contributed by atoms with E-state index in [-0.39, 0.29) is 23.8 Å². The van der Waals surface area contributed by atoms with Crippen molar-refractivity contribution in [2.24, 2.45) is 0 Å². The molecular weight excluding hydrogens is 555 g/mol. The zero-order chi connectivity index (χ0) is 30.1. The van der Waals surface area contributed by atoms with Crippen molar-refractivity contribution >= 4 is 27.9 Å². The van der Waals surface area contributed by atoms with Crippen LogP contribution in [-0.2, 0) is 20.4 Å². The Kier molecular flexibility index (Phi) is 6.90. The number of ether oxygens (including phenoxy) is 4. The number of halogens is 3. The van der Waals surface area contributed by atoms with Crippen LogP contribution in [0.3, 0.4) is 0 Å². The summed E-state index contributed by atoms with van der Waals surface area (Å²) in [5.74, 6) is -0.614. The molecule has 2 aromatic carbocycles. The van der Waals surface area contributed by atoms with Crippen LogP contribution in [0.5, 0.6) is 5.75 Å². The zero-order valence-corrected chi connectivity index (χ0v) is 24.2. The van der Waals surface area contributed by atoms with E-state index in [2.05, 4.69) is 4.98 Å². The molecule has 0 radical (unpaired) electrons. The highest BCUT2D eigenvalue weighted by molar-refractivity contribution is 6.08. The molecule has 2 aliphatic heterocycles. The zero-order valence-electron chi connectivity index (χ0n) is 24.2. The summed E-state index contributed by atoms with van der Waals surface area (Å²) < 4.78 is 67.1. The van der Waals surface area contributed by atoms with Gasteiger partial charge < -0.3 is 33.5 Å². The maximum absolute atomic E-state index is 13.8. The fraction of sp³-hybridized carbons (Fsp3) is 0.600. The second-order valence-electron chi connectivity index (χ2n) is 12.9. The predicted molar refractivity (Wildman–Crippen MR) is 147 cm³/mol. The number of rotatable bonds is 4. The van der Waals surface area contributed by atoms with Crippen LogP contribution in [0.2, 0.25) is 0 Å². The minimum atomic E-state index is -4.55. The van der Waals surface area contributed by atoms with Crippen LogP contribution in [-0.4, -0.2) is 75.0 Å². The normalized spacial score (nSPS) is 26.1. The Labute approximate surface area is 241 Å². The Morgan fingerprint density at radius 1 is 1.12 bits per heavy atom. The summed E-state index contributed by atoms with van der Waals surface area (Å²) in [5.41, 5.74) is -1.04. The van der Waals surface area contributed by atoms with Gasteiger partial charge in [-0.05, 0) is 52.7 Å². The molecular formula is C30H36F3N3O6. The molecule has 1 aliphatic carbocycles. The van der Waals surface area contributed by atoms with Crippen LogP contribution in [0.25, 0.3) is 21.8 Å². The quantitative estimate of drug-likeness (QED) is 0.409. The third-order valence-electron chi connectivity index (χ3n) is 8.30. The van der Waals surface area contributed by atoms with E-state index in [1.807, 2.05) is 4.57 Å². The number of likely N-dealkylation sites (tertiary alicyclic amines) is 1. The number of hydrogen-bond acceptors (Lipinski definition) is 7. The van der Waals surface area contributed by atoms with Crippen molar-refractivity contribution in [1.82, 2.24) is 14.5 Å². The topological polar surface area (TPSA) is 95.3 Å². The summed E-state index contributed by atoms with van der Waals surface area (Å²) in [6.45, 7) is 8.31. The van der Waals surface area contributed by atoms with Gasteiger partial charge in [0.2, 0.25) is 0 Å². The molecule has 1 spiro atoms. The molecule has 3 aliphatic rings. The van der Waals surface area contributed by atoms with Crippen molar-refractivity contribution < 1.29 is 42.0 Å². The fourth-order valence-corrected chi connectivity index (χ4v) is 6.34. The third-order valence-corrected chi connectivity index (χ3v) is 8.30. The molecule has 1 amide bonds. The van der Waals surface area contributed by atoms with Crippen molar-refractivity contribution in [3.8, 4) is 5.75 Å². The predicted octanol–water partition coefficient (Wildman–Crippen LogP) is 5.82. The Bertz CT molecular complexity index is 1500. The van der Waals surface area contributed by atoms with E-state index in [1.54, 1.807) is 45.0 Å². The standard InChI is InChI=1S/C30H36F3N3O6/c1-27(2,3)42-26(37)35-8-7-29(40-9-10-41-29)15-20(35)16-39-24-12-23-25(36(17-34-23)19-13-28(4,38)14-19)21-6-5-18(11-22(21)24)30(31,32)33/h5-6,11-12,17,19-20,38H,7-10,13-16H2,1-4H3/t19?,20-,28?/m0/s1. The van der Waals surface area contributed by atoms with Gasteiger partial charge in [-0.2, -0.15) is 13.2 Å². The highest BCUT2D eigenvalue weighted by Crippen LogP contribution is 2.45. The van der Waals surface area contributed by atoms with Gasteiger partial charge >= 0.3 is 12.3 Å². The number of benzene rings is 2. The summed E-state index contributed by atoms with van der Waals surface area (Å²) in [5, 5.41) is 11.1. The smallest absolute Gasteiger partial charge is 0.416 e. The first-order valence-corrected chi connectivity index (χ1v) is 14.3. The molecule has 12 heteroatoms. The number of hydrogen-bond donors (Lipinski definition) is 1. The first kappa shape index (κ1) is 29.0. The molecule has 2 saturated heterocycles. The molecule has 1 N–H and O–H groups in total. The van der Waals surface area contributed by atoms with Crippen LogP contribution in [0.4, 0.5) is 18.0 Å². The number of carbonyl (C=O) groups excluding carboxylic acids is 1. The second-order valence-corrected chi connectivity index (χ2v) is 12.9. The molecule has 3 aromatic rings. The van der Waals surface area contributed by atoms with Gasteiger partial charge in [0.1, 0.15) is 18.0 Å². The van der Waals surface area contributed by atoms with Gasteiger partial charge in [0, 0.05) is 42.3 Å². The average Bonchev–Trinajstić information content (AvgIpc) is 3.51. The lowest BCUT2D eigenvalue weighted by atomic mass is 9.77. The summed E-state index contributed by atoms with van der Waals surface area (Å²) in [7, 11) is 0. The number of nitrogens with zero attached hydrogens (tertiary/aromatic N) is 3. The van der Waals surface area contributed by atoms with E-state index in [0.717, 1.165) is 12.1 Å². The molecule has 42 heavy (non-hydrogen) atoms. The minimum absolute atomic E-state index is 0.0171. The molecule has 6 rings (SSSR count). The molecule has 1 saturated carbocycles. The number of carbonyl (C=O) groups is 1. The maximum atomic E-state index is 13.8. The van der Waals surface area contributed by atoms with Crippen LogP contribution in [0.15, 0.2) is 30.6 Å².